The van der Waals surface area contributed by atoms with Gasteiger partial charge in [-0.15, -0.1) is 0 Å². The molecule has 0 atom stereocenters. The Balaban J connectivity index is 1.83. The summed E-state index contributed by atoms with van der Waals surface area (Å²) in [4.78, 5) is 12.2. The van der Waals surface area contributed by atoms with E-state index in [9.17, 15) is 4.79 Å². The molecule has 0 saturated heterocycles. The maximum atomic E-state index is 12.2. The number of amides is 1. The highest BCUT2D eigenvalue weighted by Crippen LogP contribution is 2.18. The normalized spacial score (nSPS) is 10.4. The van der Waals surface area contributed by atoms with Crippen LogP contribution in [0.3, 0.4) is 0 Å². The van der Waals surface area contributed by atoms with Crippen LogP contribution in [0.1, 0.15) is 10.4 Å². The second-order valence-corrected chi connectivity index (χ2v) is 4.36. The molecule has 0 radical (unpaired) electrons. The van der Waals surface area contributed by atoms with Gasteiger partial charge in [-0.05, 0) is 36.4 Å². The number of fused-ring (bicyclic) bond motifs is 1. The van der Waals surface area contributed by atoms with Gasteiger partial charge < -0.3 is 10.1 Å². The topological polar surface area (TPSA) is 67.0 Å². The van der Waals surface area contributed by atoms with Gasteiger partial charge >= 0.3 is 0 Å². The lowest BCUT2D eigenvalue weighted by atomic mass is 10.2. The third kappa shape index (κ3) is 2.33. The van der Waals surface area contributed by atoms with Crippen LogP contribution in [0, 0.1) is 0 Å². The minimum absolute atomic E-state index is 0.178. The smallest absolute Gasteiger partial charge is 0.255 e. The molecule has 0 aliphatic rings. The molecule has 2 N–H and O–H groups in total. The molecule has 0 spiro atoms. The molecule has 5 heteroatoms. The standard InChI is InChI=1S/C15H13N3O2/c1-20-13-4-2-3-10(7-13)15(19)17-12-6-5-11-9-16-18-14(11)8-12/h2-9H,1H3,(H,16,18)(H,17,19). The molecule has 0 fully saturated rings. The first-order valence-electron chi connectivity index (χ1n) is 6.15. The Morgan fingerprint density at radius 2 is 2.15 bits per heavy atom. The van der Waals surface area contributed by atoms with E-state index in [-0.39, 0.29) is 5.91 Å². The lowest BCUT2D eigenvalue weighted by Crippen LogP contribution is -2.11. The number of hydrogen-bond donors (Lipinski definition) is 2. The Hall–Kier alpha value is -2.82. The van der Waals surface area contributed by atoms with Crippen molar-refractivity contribution in [2.45, 2.75) is 0 Å². The summed E-state index contributed by atoms with van der Waals surface area (Å²) >= 11 is 0. The fraction of sp³-hybridized carbons (Fsp3) is 0.0667. The predicted octanol–water partition coefficient (Wildman–Crippen LogP) is 2.82. The summed E-state index contributed by atoms with van der Waals surface area (Å²) in [6.45, 7) is 0. The highest BCUT2D eigenvalue weighted by Gasteiger charge is 2.07. The monoisotopic (exact) mass is 267 g/mol. The molecule has 0 unspecified atom stereocenters. The molecule has 1 aromatic heterocycles. The number of nitrogens with zero attached hydrogens (tertiary/aromatic N) is 1. The second kappa shape index (κ2) is 5.05. The number of aromatic amines is 1. The molecular weight excluding hydrogens is 254 g/mol. The van der Waals surface area contributed by atoms with E-state index in [1.165, 1.54) is 0 Å². The van der Waals surface area contributed by atoms with Crippen LogP contribution >= 0.6 is 0 Å². The summed E-state index contributed by atoms with van der Waals surface area (Å²) < 4.78 is 5.11. The van der Waals surface area contributed by atoms with E-state index in [0.29, 0.717) is 11.3 Å². The lowest BCUT2D eigenvalue weighted by molar-refractivity contribution is 0.102. The lowest BCUT2D eigenvalue weighted by Gasteiger charge is -2.06. The van der Waals surface area contributed by atoms with Gasteiger partial charge in [0.25, 0.3) is 5.91 Å². The van der Waals surface area contributed by atoms with E-state index >= 15 is 0 Å². The number of ether oxygens (including phenoxy) is 1. The molecule has 1 heterocycles. The first-order valence-corrected chi connectivity index (χ1v) is 6.15. The van der Waals surface area contributed by atoms with Gasteiger partial charge in [0.1, 0.15) is 5.75 Å². The van der Waals surface area contributed by atoms with Gasteiger partial charge in [0.15, 0.2) is 0 Å². The quantitative estimate of drug-likeness (QED) is 0.766. The van der Waals surface area contributed by atoms with E-state index in [0.717, 1.165) is 16.6 Å². The van der Waals surface area contributed by atoms with Crippen molar-refractivity contribution in [2.75, 3.05) is 12.4 Å². The van der Waals surface area contributed by atoms with Gasteiger partial charge in [-0.1, -0.05) is 6.07 Å². The number of nitrogens with one attached hydrogen (secondary N) is 2. The fourth-order valence-electron chi connectivity index (χ4n) is 1.98. The summed E-state index contributed by atoms with van der Waals surface area (Å²) in [5.41, 5.74) is 2.15. The van der Waals surface area contributed by atoms with E-state index in [4.69, 9.17) is 4.74 Å². The van der Waals surface area contributed by atoms with Crippen LogP contribution in [0.4, 0.5) is 5.69 Å². The van der Waals surface area contributed by atoms with Crippen LogP contribution in [-0.4, -0.2) is 23.2 Å². The van der Waals surface area contributed by atoms with Crippen molar-refractivity contribution in [2.24, 2.45) is 0 Å². The Labute approximate surface area is 115 Å². The van der Waals surface area contributed by atoms with Gasteiger partial charge in [-0.25, -0.2) is 0 Å². The SMILES string of the molecule is COc1cccc(C(=O)Nc2ccc3cn[nH]c3c2)c1. The molecule has 0 saturated carbocycles. The zero-order valence-corrected chi connectivity index (χ0v) is 10.9. The molecule has 3 aromatic rings. The number of carbonyl (C=O) groups excluding carboxylic acids is 1. The van der Waals surface area contributed by atoms with Crippen molar-refractivity contribution in [1.29, 1.82) is 0 Å². The number of anilines is 1. The molecular formula is C15H13N3O2. The van der Waals surface area contributed by atoms with Crippen molar-refractivity contribution >= 4 is 22.5 Å². The summed E-state index contributed by atoms with van der Waals surface area (Å²) in [5.74, 6) is 0.476. The number of rotatable bonds is 3. The molecule has 3 rings (SSSR count). The van der Waals surface area contributed by atoms with Crippen LogP contribution < -0.4 is 10.1 Å². The number of aromatic nitrogens is 2. The van der Waals surface area contributed by atoms with Crippen molar-refractivity contribution in [1.82, 2.24) is 10.2 Å². The molecule has 100 valence electrons. The van der Waals surface area contributed by atoms with Gasteiger partial charge in [0.05, 0.1) is 18.8 Å². The highest BCUT2D eigenvalue weighted by molar-refractivity contribution is 6.05. The first-order chi connectivity index (χ1) is 9.76. The van der Waals surface area contributed by atoms with Crippen molar-refractivity contribution in [3.05, 3.63) is 54.2 Å². The van der Waals surface area contributed by atoms with Crippen LogP contribution in [0.2, 0.25) is 0 Å². The second-order valence-electron chi connectivity index (χ2n) is 4.36. The highest BCUT2D eigenvalue weighted by atomic mass is 16.5. The number of methoxy groups -OCH3 is 1. The minimum atomic E-state index is -0.178. The van der Waals surface area contributed by atoms with Gasteiger partial charge in [-0.2, -0.15) is 5.10 Å². The zero-order valence-electron chi connectivity index (χ0n) is 10.9. The fourth-order valence-corrected chi connectivity index (χ4v) is 1.98. The van der Waals surface area contributed by atoms with Crippen molar-refractivity contribution in [3.8, 4) is 5.75 Å². The van der Waals surface area contributed by atoms with Crippen LogP contribution in [-0.2, 0) is 0 Å². The molecule has 5 nitrogen and oxygen atoms in total. The summed E-state index contributed by atoms with van der Waals surface area (Å²) in [6.07, 6.45) is 1.74. The summed E-state index contributed by atoms with van der Waals surface area (Å²) in [6, 6.07) is 12.6. The average molecular weight is 267 g/mol. The van der Waals surface area contributed by atoms with Gasteiger partial charge in [0, 0.05) is 16.6 Å². The largest absolute Gasteiger partial charge is 0.497 e. The zero-order chi connectivity index (χ0) is 13.9. The Morgan fingerprint density at radius 1 is 1.25 bits per heavy atom. The third-order valence-corrected chi connectivity index (χ3v) is 3.03. The Morgan fingerprint density at radius 3 is 3.00 bits per heavy atom. The molecule has 0 aliphatic carbocycles. The van der Waals surface area contributed by atoms with Crippen LogP contribution in [0.25, 0.3) is 10.9 Å². The number of benzene rings is 2. The molecule has 0 aliphatic heterocycles. The van der Waals surface area contributed by atoms with E-state index in [1.807, 2.05) is 18.2 Å². The van der Waals surface area contributed by atoms with E-state index in [1.54, 1.807) is 37.6 Å². The van der Waals surface area contributed by atoms with Crippen molar-refractivity contribution in [3.63, 3.8) is 0 Å². The molecule has 20 heavy (non-hydrogen) atoms. The third-order valence-electron chi connectivity index (χ3n) is 3.03. The van der Waals surface area contributed by atoms with Crippen molar-refractivity contribution < 1.29 is 9.53 Å². The Kier molecular flexibility index (Phi) is 3.09. The van der Waals surface area contributed by atoms with Crippen LogP contribution in [0.15, 0.2) is 48.7 Å². The van der Waals surface area contributed by atoms with E-state index in [2.05, 4.69) is 15.5 Å². The average Bonchev–Trinajstić information content (AvgIpc) is 2.95. The molecule has 0 bridgehead atoms. The number of H-pyrrole nitrogens is 1. The van der Waals surface area contributed by atoms with E-state index < -0.39 is 0 Å². The predicted molar refractivity (Wildman–Crippen MR) is 77.0 cm³/mol. The Bertz CT molecular complexity index is 764. The maximum absolute atomic E-state index is 12.2. The van der Waals surface area contributed by atoms with Gasteiger partial charge in [-0.3, -0.25) is 9.89 Å². The minimum Gasteiger partial charge on any atom is -0.497 e. The number of carbonyl (C=O) groups is 1. The van der Waals surface area contributed by atoms with Gasteiger partial charge in [0.2, 0.25) is 0 Å². The summed E-state index contributed by atoms with van der Waals surface area (Å²) in [5, 5.41) is 10.7. The number of hydrogen-bond acceptors (Lipinski definition) is 3. The molecule has 1 amide bonds. The maximum Gasteiger partial charge on any atom is 0.255 e. The van der Waals surface area contributed by atoms with Crippen LogP contribution in [0.5, 0.6) is 5.75 Å². The first kappa shape index (κ1) is 12.2. The molecule has 2 aromatic carbocycles. The summed E-state index contributed by atoms with van der Waals surface area (Å²) in [7, 11) is 1.57.